The van der Waals surface area contributed by atoms with Crippen LogP contribution < -0.4 is 15.4 Å². The van der Waals surface area contributed by atoms with Gasteiger partial charge in [0.05, 0.1) is 23.6 Å². The molecule has 0 atom stereocenters. The summed E-state index contributed by atoms with van der Waals surface area (Å²) in [6.45, 7) is 4.42. The smallest absolute Gasteiger partial charge is 0.253 e. The highest BCUT2D eigenvalue weighted by Crippen LogP contribution is 2.28. The van der Waals surface area contributed by atoms with Crippen molar-refractivity contribution in [1.82, 2.24) is 10.6 Å². The van der Waals surface area contributed by atoms with E-state index in [2.05, 4.69) is 15.4 Å². The van der Waals surface area contributed by atoms with E-state index in [9.17, 15) is 13.2 Å². The molecule has 0 bridgehead atoms. The third-order valence-electron chi connectivity index (χ3n) is 4.56. The van der Waals surface area contributed by atoms with Crippen LogP contribution in [0.15, 0.2) is 24.3 Å². The fraction of sp³-hybridized carbons (Fsp3) is 0.588. The minimum absolute atomic E-state index is 0.0487. The Labute approximate surface area is 149 Å². The van der Waals surface area contributed by atoms with Crippen molar-refractivity contribution in [2.45, 2.75) is 19.8 Å². The molecule has 0 spiro atoms. The summed E-state index contributed by atoms with van der Waals surface area (Å²) in [6, 6.07) is 6.63. The number of carbonyl (C=O) groups is 1. The highest BCUT2D eigenvalue weighted by atomic mass is 32.2. The van der Waals surface area contributed by atoms with E-state index in [0.29, 0.717) is 24.4 Å². The molecule has 1 aliphatic rings. The molecular formula is C17H27N3O4S. The number of amides is 1. The molecule has 1 saturated heterocycles. The van der Waals surface area contributed by atoms with Crippen molar-refractivity contribution in [2.24, 2.45) is 5.41 Å². The van der Waals surface area contributed by atoms with Gasteiger partial charge in [0.15, 0.2) is 0 Å². The lowest BCUT2D eigenvalue weighted by atomic mass is 9.79. The zero-order valence-corrected chi connectivity index (χ0v) is 15.6. The SMILES string of the molecule is CCS(=O)(=O)Nc1ccccc1C(=O)NCC1(COC)CCNCC1. The summed E-state index contributed by atoms with van der Waals surface area (Å²) in [6.07, 6.45) is 1.84. The molecular weight excluding hydrogens is 342 g/mol. The van der Waals surface area contributed by atoms with Gasteiger partial charge in [-0.15, -0.1) is 0 Å². The first-order valence-corrected chi connectivity index (χ1v) is 10.1. The Morgan fingerprint density at radius 3 is 2.60 bits per heavy atom. The highest BCUT2D eigenvalue weighted by molar-refractivity contribution is 7.92. The van der Waals surface area contributed by atoms with E-state index < -0.39 is 10.0 Å². The van der Waals surface area contributed by atoms with Gasteiger partial charge in [0.1, 0.15) is 0 Å². The second kappa shape index (κ2) is 8.64. The van der Waals surface area contributed by atoms with Crippen molar-refractivity contribution in [1.29, 1.82) is 0 Å². The van der Waals surface area contributed by atoms with Gasteiger partial charge in [-0.1, -0.05) is 12.1 Å². The maximum Gasteiger partial charge on any atom is 0.253 e. The molecule has 0 radical (unpaired) electrons. The maximum atomic E-state index is 12.6. The highest BCUT2D eigenvalue weighted by Gasteiger charge is 2.32. The molecule has 1 aromatic carbocycles. The monoisotopic (exact) mass is 369 g/mol. The lowest BCUT2D eigenvalue weighted by molar-refractivity contribution is 0.0512. The van der Waals surface area contributed by atoms with Gasteiger partial charge in [-0.2, -0.15) is 0 Å². The fourth-order valence-electron chi connectivity index (χ4n) is 3.01. The number of rotatable bonds is 8. The van der Waals surface area contributed by atoms with Crippen LogP contribution in [0.1, 0.15) is 30.1 Å². The molecule has 8 heteroatoms. The summed E-state index contributed by atoms with van der Waals surface area (Å²) in [7, 11) is -1.78. The van der Waals surface area contributed by atoms with E-state index in [4.69, 9.17) is 4.74 Å². The molecule has 0 aliphatic carbocycles. The lowest BCUT2D eigenvalue weighted by Crippen LogP contribution is -2.47. The van der Waals surface area contributed by atoms with Crippen molar-refractivity contribution in [2.75, 3.05) is 43.8 Å². The summed E-state index contributed by atoms with van der Waals surface area (Å²) in [5.74, 6) is -0.337. The van der Waals surface area contributed by atoms with Crippen LogP contribution in [0.2, 0.25) is 0 Å². The zero-order chi connectivity index (χ0) is 18.3. The summed E-state index contributed by atoms with van der Waals surface area (Å²) >= 11 is 0. The first-order chi connectivity index (χ1) is 11.9. The predicted octanol–water partition coefficient (Wildman–Crippen LogP) is 1.19. The summed E-state index contributed by atoms with van der Waals surface area (Å²) in [5, 5.41) is 6.27. The minimum atomic E-state index is -3.44. The molecule has 7 nitrogen and oxygen atoms in total. The molecule has 0 aromatic heterocycles. The van der Waals surface area contributed by atoms with Crippen molar-refractivity contribution < 1.29 is 17.9 Å². The molecule has 1 heterocycles. The summed E-state index contributed by atoms with van der Waals surface area (Å²) in [4.78, 5) is 12.6. The number of anilines is 1. The van der Waals surface area contributed by atoms with Gasteiger partial charge in [0, 0.05) is 19.1 Å². The summed E-state index contributed by atoms with van der Waals surface area (Å²) < 4.78 is 31.5. The molecule has 0 unspecified atom stereocenters. The average molecular weight is 369 g/mol. The number of sulfonamides is 1. The number of carbonyl (C=O) groups excluding carboxylic acids is 1. The standard InChI is InChI=1S/C17H27N3O4S/c1-3-25(22,23)20-15-7-5-4-6-14(15)16(21)19-12-17(13-24-2)8-10-18-11-9-17/h4-7,18,20H,3,8-13H2,1-2H3,(H,19,21). The van der Waals surface area contributed by atoms with Crippen LogP contribution in [0, 0.1) is 5.41 Å². The van der Waals surface area contributed by atoms with Gasteiger partial charge in [-0.05, 0) is 45.0 Å². The minimum Gasteiger partial charge on any atom is -0.384 e. The van der Waals surface area contributed by atoms with Crippen LogP contribution in [0.5, 0.6) is 0 Å². The quantitative estimate of drug-likeness (QED) is 0.640. The predicted molar refractivity (Wildman–Crippen MR) is 98.3 cm³/mol. The lowest BCUT2D eigenvalue weighted by Gasteiger charge is -2.37. The molecule has 140 valence electrons. The van der Waals surface area contributed by atoms with E-state index in [1.807, 2.05) is 0 Å². The van der Waals surface area contributed by atoms with Crippen molar-refractivity contribution in [3.8, 4) is 0 Å². The molecule has 1 aliphatic heterocycles. The molecule has 0 saturated carbocycles. The Morgan fingerprint density at radius 2 is 1.96 bits per heavy atom. The number of hydrogen-bond acceptors (Lipinski definition) is 5. The number of piperidine rings is 1. The van der Waals surface area contributed by atoms with Crippen LogP contribution in [-0.4, -0.2) is 53.4 Å². The second-order valence-electron chi connectivity index (χ2n) is 6.42. The number of hydrogen-bond donors (Lipinski definition) is 3. The van der Waals surface area contributed by atoms with E-state index in [0.717, 1.165) is 25.9 Å². The second-order valence-corrected chi connectivity index (χ2v) is 8.43. The van der Waals surface area contributed by atoms with Gasteiger partial charge < -0.3 is 15.4 Å². The number of para-hydroxylation sites is 1. The molecule has 1 fully saturated rings. The molecule has 2 rings (SSSR count). The zero-order valence-electron chi connectivity index (χ0n) is 14.8. The van der Waals surface area contributed by atoms with E-state index in [1.54, 1.807) is 38.3 Å². The van der Waals surface area contributed by atoms with Crippen molar-refractivity contribution >= 4 is 21.6 Å². The normalized spacial score (nSPS) is 17.0. The van der Waals surface area contributed by atoms with Gasteiger partial charge >= 0.3 is 0 Å². The number of benzene rings is 1. The van der Waals surface area contributed by atoms with E-state index >= 15 is 0 Å². The van der Waals surface area contributed by atoms with Crippen LogP contribution in [0.25, 0.3) is 0 Å². The van der Waals surface area contributed by atoms with Crippen LogP contribution in [0.3, 0.4) is 0 Å². The van der Waals surface area contributed by atoms with Crippen molar-refractivity contribution in [3.05, 3.63) is 29.8 Å². The Balaban J connectivity index is 2.10. The maximum absolute atomic E-state index is 12.6. The molecule has 1 amide bonds. The van der Waals surface area contributed by atoms with Gasteiger partial charge in [-0.25, -0.2) is 8.42 Å². The first kappa shape index (κ1) is 19.7. The third kappa shape index (κ3) is 5.42. The molecule has 25 heavy (non-hydrogen) atoms. The van der Waals surface area contributed by atoms with Crippen molar-refractivity contribution in [3.63, 3.8) is 0 Å². The van der Waals surface area contributed by atoms with Crippen LogP contribution in [0.4, 0.5) is 5.69 Å². The Bertz CT molecular complexity index is 679. The molecule has 3 N–H and O–H groups in total. The fourth-order valence-corrected chi connectivity index (χ4v) is 3.67. The van der Waals surface area contributed by atoms with Crippen LogP contribution >= 0.6 is 0 Å². The van der Waals surface area contributed by atoms with Gasteiger partial charge in [0.2, 0.25) is 10.0 Å². The average Bonchev–Trinajstić information content (AvgIpc) is 2.61. The Kier molecular flexibility index (Phi) is 6.80. The molecule has 1 aromatic rings. The Morgan fingerprint density at radius 1 is 1.28 bits per heavy atom. The van der Waals surface area contributed by atoms with Crippen LogP contribution in [-0.2, 0) is 14.8 Å². The Hall–Kier alpha value is -1.64. The van der Waals surface area contributed by atoms with E-state index in [1.165, 1.54) is 0 Å². The van der Waals surface area contributed by atoms with E-state index in [-0.39, 0.29) is 17.1 Å². The third-order valence-corrected chi connectivity index (χ3v) is 5.85. The van der Waals surface area contributed by atoms with Gasteiger partial charge in [0.25, 0.3) is 5.91 Å². The number of ether oxygens (including phenoxy) is 1. The van der Waals surface area contributed by atoms with Gasteiger partial charge in [-0.3, -0.25) is 9.52 Å². The largest absolute Gasteiger partial charge is 0.384 e. The number of nitrogens with one attached hydrogen (secondary N) is 3. The number of methoxy groups -OCH3 is 1. The first-order valence-electron chi connectivity index (χ1n) is 8.49. The summed E-state index contributed by atoms with van der Waals surface area (Å²) in [5.41, 5.74) is 0.530. The topological polar surface area (TPSA) is 96.5 Å².